The smallest absolute Gasteiger partial charge is 0.293 e. The van der Waals surface area contributed by atoms with Gasteiger partial charge < -0.3 is 10.1 Å². The number of nitro groups is 1. The predicted octanol–water partition coefficient (Wildman–Crippen LogP) is 4.22. The number of nitrogens with one attached hydrogen (secondary N) is 1. The second-order valence-electron chi connectivity index (χ2n) is 5.29. The molecule has 1 amide bonds. The lowest BCUT2D eigenvalue weighted by atomic mass is 10.1. The second-order valence-corrected chi connectivity index (χ2v) is 6.20. The van der Waals surface area contributed by atoms with Crippen LogP contribution in [0.1, 0.15) is 11.1 Å². The fourth-order valence-corrected chi connectivity index (χ4v) is 2.59. The molecule has 0 bridgehead atoms. The standard InChI is InChI=1S/C18H14BrN3O4/c1-11-3-5-15(16(7-11)22(24)25)21-18(23)13(10-20)8-12-9-14(19)4-6-17(12)26-2/h3-9H,1-2H3,(H,21,23)/b13-8+. The first-order chi connectivity index (χ1) is 12.3. The van der Waals surface area contributed by atoms with Gasteiger partial charge in [0.1, 0.15) is 23.1 Å². The van der Waals surface area contributed by atoms with Crippen molar-refractivity contribution in [2.45, 2.75) is 6.92 Å². The summed E-state index contributed by atoms with van der Waals surface area (Å²) in [5.74, 6) is -0.267. The highest BCUT2D eigenvalue weighted by Gasteiger charge is 2.18. The van der Waals surface area contributed by atoms with Crippen LogP contribution in [0.2, 0.25) is 0 Å². The molecule has 0 aliphatic heterocycles. The topological polar surface area (TPSA) is 105 Å². The molecule has 1 N–H and O–H groups in total. The maximum atomic E-state index is 12.4. The number of nitriles is 1. The molecular weight excluding hydrogens is 402 g/mol. The van der Waals surface area contributed by atoms with E-state index in [0.717, 1.165) is 4.47 Å². The number of methoxy groups -OCH3 is 1. The maximum absolute atomic E-state index is 12.4. The van der Waals surface area contributed by atoms with Gasteiger partial charge in [0.05, 0.1) is 12.0 Å². The number of carbonyl (C=O) groups is 1. The number of hydrogen-bond donors (Lipinski definition) is 1. The SMILES string of the molecule is COc1ccc(Br)cc1/C=C(\C#N)C(=O)Nc1ccc(C)cc1[N+](=O)[O-]. The van der Waals surface area contributed by atoms with Gasteiger partial charge in [-0.1, -0.05) is 22.0 Å². The monoisotopic (exact) mass is 415 g/mol. The highest BCUT2D eigenvalue weighted by atomic mass is 79.9. The lowest BCUT2D eigenvalue weighted by molar-refractivity contribution is -0.384. The minimum Gasteiger partial charge on any atom is -0.496 e. The fourth-order valence-electron chi connectivity index (χ4n) is 2.21. The highest BCUT2D eigenvalue weighted by Crippen LogP contribution is 2.27. The third-order valence-corrected chi connectivity index (χ3v) is 3.95. The number of hydrogen-bond acceptors (Lipinski definition) is 5. The van der Waals surface area contributed by atoms with E-state index < -0.39 is 10.8 Å². The summed E-state index contributed by atoms with van der Waals surface area (Å²) in [6, 6.07) is 11.4. The minimum atomic E-state index is -0.749. The van der Waals surface area contributed by atoms with E-state index in [-0.39, 0.29) is 16.9 Å². The maximum Gasteiger partial charge on any atom is 0.293 e. The molecule has 0 heterocycles. The van der Waals surface area contributed by atoms with Crippen molar-refractivity contribution in [2.75, 3.05) is 12.4 Å². The van der Waals surface area contributed by atoms with Crippen LogP contribution < -0.4 is 10.1 Å². The van der Waals surface area contributed by atoms with Crippen LogP contribution in [0.25, 0.3) is 6.08 Å². The van der Waals surface area contributed by atoms with Gasteiger partial charge >= 0.3 is 0 Å². The van der Waals surface area contributed by atoms with Crippen molar-refractivity contribution in [1.29, 1.82) is 5.26 Å². The molecule has 26 heavy (non-hydrogen) atoms. The van der Waals surface area contributed by atoms with Crippen molar-refractivity contribution in [3.63, 3.8) is 0 Å². The molecule has 0 radical (unpaired) electrons. The van der Waals surface area contributed by atoms with Gasteiger partial charge in [0.25, 0.3) is 11.6 Å². The van der Waals surface area contributed by atoms with Gasteiger partial charge in [-0.15, -0.1) is 0 Å². The van der Waals surface area contributed by atoms with Gasteiger partial charge in [-0.2, -0.15) is 5.26 Å². The minimum absolute atomic E-state index is 0.0213. The number of ether oxygens (including phenoxy) is 1. The Balaban J connectivity index is 2.38. The summed E-state index contributed by atoms with van der Waals surface area (Å²) in [6.07, 6.45) is 1.36. The van der Waals surface area contributed by atoms with Crippen LogP contribution in [0.5, 0.6) is 5.75 Å². The first-order valence-electron chi connectivity index (χ1n) is 7.37. The lowest BCUT2D eigenvalue weighted by Crippen LogP contribution is -2.14. The normalized spacial score (nSPS) is 10.8. The van der Waals surface area contributed by atoms with Gasteiger partial charge in [0, 0.05) is 16.1 Å². The van der Waals surface area contributed by atoms with Gasteiger partial charge in [0.15, 0.2) is 0 Å². The van der Waals surface area contributed by atoms with Crippen molar-refractivity contribution in [3.8, 4) is 11.8 Å². The second kappa shape index (κ2) is 8.27. The number of benzene rings is 2. The molecule has 0 aliphatic carbocycles. The largest absolute Gasteiger partial charge is 0.496 e. The first-order valence-corrected chi connectivity index (χ1v) is 8.16. The zero-order valence-electron chi connectivity index (χ0n) is 13.9. The van der Waals surface area contributed by atoms with Crippen LogP contribution in [0.4, 0.5) is 11.4 Å². The Bertz CT molecular complexity index is 948. The summed E-state index contributed by atoms with van der Waals surface area (Å²) in [4.78, 5) is 23.0. The van der Waals surface area contributed by atoms with E-state index in [1.807, 2.05) is 6.07 Å². The molecule has 0 aromatic heterocycles. The number of nitrogens with zero attached hydrogens (tertiary/aromatic N) is 2. The molecule has 7 nitrogen and oxygen atoms in total. The lowest BCUT2D eigenvalue weighted by Gasteiger charge is -2.08. The van der Waals surface area contributed by atoms with E-state index in [2.05, 4.69) is 21.2 Å². The molecule has 0 saturated heterocycles. The average Bonchev–Trinajstić information content (AvgIpc) is 2.61. The summed E-state index contributed by atoms with van der Waals surface area (Å²) in [7, 11) is 1.47. The number of halogens is 1. The van der Waals surface area contributed by atoms with Crippen LogP contribution in [-0.4, -0.2) is 17.9 Å². The summed E-state index contributed by atoms with van der Waals surface area (Å²) < 4.78 is 5.96. The number of carbonyl (C=O) groups excluding carboxylic acids is 1. The number of rotatable bonds is 5. The molecule has 0 spiro atoms. The molecule has 2 aromatic rings. The molecule has 0 unspecified atom stereocenters. The zero-order chi connectivity index (χ0) is 19.3. The summed E-state index contributed by atoms with van der Waals surface area (Å²) >= 11 is 3.32. The van der Waals surface area contributed by atoms with Gasteiger partial charge in [-0.25, -0.2) is 0 Å². The Kier molecular flexibility index (Phi) is 6.09. The summed E-state index contributed by atoms with van der Waals surface area (Å²) in [6.45, 7) is 1.71. The summed E-state index contributed by atoms with van der Waals surface area (Å²) in [5.41, 5.74) is 0.775. The molecule has 2 aromatic carbocycles. The Morgan fingerprint density at radius 2 is 2.08 bits per heavy atom. The van der Waals surface area contributed by atoms with Crippen molar-refractivity contribution >= 4 is 39.3 Å². The number of anilines is 1. The van der Waals surface area contributed by atoms with E-state index in [0.29, 0.717) is 16.9 Å². The van der Waals surface area contributed by atoms with Gasteiger partial charge in [0.2, 0.25) is 0 Å². The van der Waals surface area contributed by atoms with Gasteiger partial charge in [-0.3, -0.25) is 14.9 Å². The molecule has 2 rings (SSSR count). The Morgan fingerprint density at radius 1 is 1.35 bits per heavy atom. The molecular formula is C18H14BrN3O4. The van der Waals surface area contributed by atoms with Crippen molar-refractivity contribution in [3.05, 3.63) is 67.7 Å². The van der Waals surface area contributed by atoms with Crippen LogP contribution in [0.3, 0.4) is 0 Å². The number of amides is 1. The van der Waals surface area contributed by atoms with E-state index in [1.165, 1.54) is 25.3 Å². The van der Waals surface area contributed by atoms with Crippen molar-refractivity contribution in [2.24, 2.45) is 0 Å². The molecule has 8 heteroatoms. The van der Waals surface area contributed by atoms with E-state index in [1.54, 1.807) is 31.2 Å². The fraction of sp³-hybridized carbons (Fsp3) is 0.111. The number of aryl methyl sites for hydroxylation is 1. The van der Waals surface area contributed by atoms with Crippen LogP contribution in [0, 0.1) is 28.4 Å². The van der Waals surface area contributed by atoms with Crippen molar-refractivity contribution in [1.82, 2.24) is 0 Å². The highest BCUT2D eigenvalue weighted by molar-refractivity contribution is 9.10. The van der Waals surface area contributed by atoms with E-state index in [9.17, 15) is 20.2 Å². The van der Waals surface area contributed by atoms with Crippen LogP contribution in [-0.2, 0) is 4.79 Å². The van der Waals surface area contributed by atoms with Crippen LogP contribution >= 0.6 is 15.9 Å². The molecule has 0 aliphatic rings. The van der Waals surface area contributed by atoms with Crippen molar-refractivity contribution < 1.29 is 14.5 Å². The average molecular weight is 416 g/mol. The summed E-state index contributed by atoms with van der Waals surface area (Å²) in [5, 5.41) is 22.9. The Labute approximate surface area is 158 Å². The van der Waals surface area contributed by atoms with E-state index in [4.69, 9.17) is 4.74 Å². The van der Waals surface area contributed by atoms with E-state index >= 15 is 0 Å². The first kappa shape index (κ1) is 19.1. The third-order valence-electron chi connectivity index (χ3n) is 3.45. The predicted molar refractivity (Wildman–Crippen MR) is 101 cm³/mol. The molecule has 132 valence electrons. The Morgan fingerprint density at radius 3 is 2.69 bits per heavy atom. The van der Waals surface area contributed by atoms with Crippen LogP contribution in [0.15, 0.2) is 46.4 Å². The Hall–Kier alpha value is -3.18. The third kappa shape index (κ3) is 4.46. The molecule has 0 fully saturated rings. The number of nitro benzene ring substituents is 1. The zero-order valence-corrected chi connectivity index (χ0v) is 15.5. The van der Waals surface area contributed by atoms with Gasteiger partial charge in [-0.05, 0) is 42.8 Å². The quantitative estimate of drug-likeness (QED) is 0.340. The molecule has 0 saturated carbocycles. The molecule has 0 atom stereocenters.